The molecule has 1 aliphatic carbocycles. The monoisotopic (exact) mass is 239 g/mol. The van der Waals surface area contributed by atoms with E-state index in [1.54, 1.807) is 6.33 Å². The van der Waals surface area contributed by atoms with E-state index in [4.69, 9.17) is 0 Å². The zero-order valence-electron chi connectivity index (χ0n) is 10.3. The molecule has 0 saturated heterocycles. The van der Waals surface area contributed by atoms with Gasteiger partial charge in [-0.25, -0.2) is 9.97 Å². The van der Waals surface area contributed by atoms with Gasteiger partial charge in [-0.05, 0) is 37.3 Å². The largest absolute Gasteiger partial charge is 0.369 e. The van der Waals surface area contributed by atoms with Crippen LogP contribution in [0.25, 0.3) is 10.9 Å². The number of anilines is 1. The Kier molecular flexibility index (Phi) is 3.22. The van der Waals surface area contributed by atoms with Crippen LogP contribution in [-0.4, -0.2) is 16.5 Å². The van der Waals surface area contributed by atoms with Gasteiger partial charge in [-0.2, -0.15) is 0 Å². The second-order valence-electron chi connectivity index (χ2n) is 4.77. The van der Waals surface area contributed by atoms with Crippen LogP contribution in [0.2, 0.25) is 0 Å². The number of hydrogen-bond donors (Lipinski definition) is 1. The minimum Gasteiger partial charge on any atom is -0.369 e. The summed E-state index contributed by atoms with van der Waals surface area (Å²) >= 11 is 0. The van der Waals surface area contributed by atoms with E-state index in [1.807, 2.05) is 18.2 Å². The lowest BCUT2D eigenvalue weighted by atomic mass is 9.94. The fraction of sp³-hybridized carbons (Fsp3) is 0.333. The maximum absolute atomic E-state index is 4.35. The maximum atomic E-state index is 4.35. The summed E-state index contributed by atoms with van der Waals surface area (Å²) in [5, 5.41) is 4.58. The lowest BCUT2D eigenvalue weighted by Crippen LogP contribution is -2.16. The molecule has 3 heteroatoms. The molecule has 0 aliphatic heterocycles. The molecule has 2 aromatic rings. The van der Waals surface area contributed by atoms with Gasteiger partial charge >= 0.3 is 0 Å². The fourth-order valence-corrected chi connectivity index (χ4v) is 2.43. The molecule has 0 saturated carbocycles. The van der Waals surface area contributed by atoms with Crippen molar-refractivity contribution in [2.24, 2.45) is 5.92 Å². The predicted octanol–water partition coefficient (Wildman–Crippen LogP) is 3.40. The van der Waals surface area contributed by atoms with Crippen molar-refractivity contribution < 1.29 is 0 Å². The quantitative estimate of drug-likeness (QED) is 0.834. The van der Waals surface area contributed by atoms with Gasteiger partial charge in [-0.3, -0.25) is 0 Å². The second kappa shape index (κ2) is 5.17. The second-order valence-corrected chi connectivity index (χ2v) is 4.77. The van der Waals surface area contributed by atoms with E-state index in [9.17, 15) is 0 Å². The van der Waals surface area contributed by atoms with Gasteiger partial charge in [0.25, 0.3) is 0 Å². The summed E-state index contributed by atoms with van der Waals surface area (Å²) in [6.45, 7) is 0.991. The van der Waals surface area contributed by atoms with E-state index in [-0.39, 0.29) is 0 Å². The summed E-state index contributed by atoms with van der Waals surface area (Å²) in [6.07, 6.45) is 9.84. The molecule has 1 heterocycles. The predicted molar refractivity (Wildman–Crippen MR) is 74.5 cm³/mol. The molecule has 1 unspecified atom stereocenters. The summed E-state index contributed by atoms with van der Waals surface area (Å²) in [5.41, 5.74) is 0.999. The molecule has 92 valence electrons. The van der Waals surface area contributed by atoms with Crippen molar-refractivity contribution in [2.45, 2.75) is 19.3 Å². The molecule has 1 N–H and O–H groups in total. The highest BCUT2D eigenvalue weighted by atomic mass is 15.0. The van der Waals surface area contributed by atoms with Crippen LogP contribution in [0.4, 0.5) is 5.82 Å². The van der Waals surface area contributed by atoms with E-state index in [2.05, 4.69) is 33.5 Å². The number of benzene rings is 1. The third-order valence-electron chi connectivity index (χ3n) is 3.48. The van der Waals surface area contributed by atoms with E-state index < -0.39 is 0 Å². The lowest BCUT2D eigenvalue weighted by Gasteiger charge is -2.18. The molecule has 0 bridgehead atoms. The Balaban J connectivity index is 1.76. The molecule has 1 aromatic carbocycles. The first-order valence-electron chi connectivity index (χ1n) is 6.52. The Morgan fingerprint density at radius 3 is 3.00 bits per heavy atom. The number of nitrogens with zero attached hydrogens (tertiary/aromatic N) is 2. The maximum Gasteiger partial charge on any atom is 0.137 e. The van der Waals surface area contributed by atoms with Crippen LogP contribution >= 0.6 is 0 Å². The Bertz CT molecular complexity index is 557. The average Bonchev–Trinajstić information content (AvgIpc) is 2.46. The van der Waals surface area contributed by atoms with Gasteiger partial charge in [-0.1, -0.05) is 24.3 Å². The van der Waals surface area contributed by atoms with Gasteiger partial charge in [0.1, 0.15) is 12.1 Å². The molecule has 1 atom stereocenters. The van der Waals surface area contributed by atoms with E-state index in [0.29, 0.717) is 0 Å². The highest BCUT2D eigenvalue weighted by Gasteiger charge is 2.10. The molecular formula is C15H17N3. The number of aromatic nitrogens is 2. The smallest absolute Gasteiger partial charge is 0.137 e. The van der Waals surface area contributed by atoms with E-state index >= 15 is 0 Å². The summed E-state index contributed by atoms with van der Waals surface area (Å²) in [7, 11) is 0. The summed E-state index contributed by atoms with van der Waals surface area (Å²) in [5.74, 6) is 1.68. The summed E-state index contributed by atoms with van der Waals surface area (Å²) in [4.78, 5) is 8.63. The van der Waals surface area contributed by atoms with Gasteiger partial charge < -0.3 is 5.32 Å². The standard InChI is InChI=1S/C15H17N3/c1-2-6-12(7-3-1)10-16-15-13-8-4-5-9-14(13)17-11-18-15/h1-2,4-5,8-9,11-12H,3,6-7,10H2,(H,16,17,18). The molecule has 0 fully saturated rings. The van der Waals surface area contributed by atoms with Crippen LogP contribution in [0.1, 0.15) is 19.3 Å². The Morgan fingerprint density at radius 1 is 1.17 bits per heavy atom. The van der Waals surface area contributed by atoms with E-state index in [0.717, 1.165) is 29.2 Å². The molecular weight excluding hydrogens is 222 g/mol. The van der Waals surface area contributed by atoms with Crippen molar-refractivity contribution in [2.75, 3.05) is 11.9 Å². The van der Waals surface area contributed by atoms with Crippen molar-refractivity contribution >= 4 is 16.7 Å². The van der Waals surface area contributed by atoms with Crippen molar-refractivity contribution in [1.29, 1.82) is 0 Å². The first-order chi connectivity index (χ1) is 8.93. The minimum absolute atomic E-state index is 0.726. The number of hydrogen-bond acceptors (Lipinski definition) is 3. The van der Waals surface area contributed by atoms with Crippen molar-refractivity contribution in [3.63, 3.8) is 0 Å². The lowest BCUT2D eigenvalue weighted by molar-refractivity contribution is 0.504. The first-order valence-corrected chi connectivity index (χ1v) is 6.52. The fourth-order valence-electron chi connectivity index (χ4n) is 2.43. The highest BCUT2D eigenvalue weighted by Crippen LogP contribution is 2.21. The number of allylic oxidation sites excluding steroid dienone is 2. The number of fused-ring (bicyclic) bond motifs is 1. The van der Waals surface area contributed by atoms with Gasteiger partial charge in [0.2, 0.25) is 0 Å². The van der Waals surface area contributed by atoms with Crippen molar-refractivity contribution in [3.05, 3.63) is 42.7 Å². The third kappa shape index (κ3) is 2.35. The molecule has 1 aliphatic rings. The van der Waals surface area contributed by atoms with Crippen LogP contribution < -0.4 is 5.32 Å². The van der Waals surface area contributed by atoms with Gasteiger partial charge in [0.15, 0.2) is 0 Å². The molecule has 1 aromatic heterocycles. The Hall–Kier alpha value is -1.90. The normalized spacial score (nSPS) is 19.0. The molecule has 3 nitrogen and oxygen atoms in total. The topological polar surface area (TPSA) is 37.8 Å². The molecule has 3 rings (SSSR count). The molecule has 18 heavy (non-hydrogen) atoms. The summed E-state index contributed by atoms with van der Waals surface area (Å²) < 4.78 is 0. The van der Waals surface area contributed by atoms with Crippen molar-refractivity contribution in [1.82, 2.24) is 9.97 Å². The molecule has 0 amide bonds. The first kappa shape index (κ1) is 11.2. The number of rotatable bonds is 3. The van der Waals surface area contributed by atoms with Crippen LogP contribution in [0.5, 0.6) is 0 Å². The van der Waals surface area contributed by atoms with E-state index in [1.165, 1.54) is 19.3 Å². The van der Waals surface area contributed by atoms with Crippen LogP contribution in [0.3, 0.4) is 0 Å². The Labute approximate surface area is 107 Å². The van der Waals surface area contributed by atoms with Crippen LogP contribution in [0.15, 0.2) is 42.7 Å². The average molecular weight is 239 g/mol. The van der Waals surface area contributed by atoms with Crippen molar-refractivity contribution in [3.8, 4) is 0 Å². The van der Waals surface area contributed by atoms with Gasteiger partial charge in [0, 0.05) is 11.9 Å². The number of nitrogens with one attached hydrogen (secondary N) is 1. The highest BCUT2D eigenvalue weighted by molar-refractivity contribution is 5.88. The zero-order chi connectivity index (χ0) is 12.2. The van der Waals surface area contributed by atoms with Crippen LogP contribution in [-0.2, 0) is 0 Å². The zero-order valence-corrected chi connectivity index (χ0v) is 10.3. The molecule has 0 spiro atoms. The SMILES string of the molecule is C1=CCC(CNc2ncnc3ccccc23)CC1. The third-order valence-corrected chi connectivity index (χ3v) is 3.48. The Morgan fingerprint density at radius 2 is 2.11 bits per heavy atom. The van der Waals surface area contributed by atoms with Gasteiger partial charge in [0.05, 0.1) is 5.52 Å². The summed E-state index contributed by atoms with van der Waals surface area (Å²) in [6, 6.07) is 8.12. The van der Waals surface area contributed by atoms with Gasteiger partial charge in [-0.15, -0.1) is 0 Å². The minimum atomic E-state index is 0.726. The van der Waals surface area contributed by atoms with Crippen LogP contribution in [0, 0.1) is 5.92 Å². The molecule has 0 radical (unpaired) electrons. The number of para-hydroxylation sites is 1.